The predicted octanol–water partition coefficient (Wildman–Crippen LogP) is 2.04. The maximum atomic E-state index is 12.1. The number of anilines is 1. The summed E-state index contributed by atoms with van der Waals surface area (Å²) in [5, 5.41) is 13.4. The van der Waals surface area contributed by atoms with E-state index in [0.29, 0.717) is 5.82 Å². The summed E-state index contributed by atoms with van der Waals surface area (Å²) >= 11 is 0. The first kappa shape index (κ1) is 14.5. The van der Waals surface area contributed by atoms with Crippen LogP contribution in [-0.2, 0) is 0 Å². The molecule has 2 amide bonds. The van der Waals surface area contributed by atoms with Crippen molar-refractivity contribution in [2.75, 3.05) is 18.9 Å². The third-order valence-electron chi connectivity index (χ3n) is 3.92. The average Bonchev–Trinajstić information content (AvgIpc) is 2.89. The minimum absolute atomic E-state index is 0.0732. The lowest BCUT2D eigenvalue weighted by Crippen LogP contribution is -2.41. The van der Waals surface area contributed by atoms with Crippen molar-refractivity contribution >= 4 is 11.8 Å². The van der Waals surface area contributed by atoms with Crippen LogP contribution in [0.25, 0.3) is 0 Å². The average molecular weight is 297 g/mol. The molecule has 6 heteroatoms. The molecule has 2 N–H and O–H groups in total. The Kier molecular flexibility index (Phi) is 4.29. The molecule has 1 aliphatic rings. The lowest BCUT2D eigenvalue weighted by Gasteiger charge is -2.26. The molecule has 2 atom stereocenters. The summed E-state index contributed by atoms with van der Waals surface area (Å²) in [5.74, 6) is 0.447. The Hall–Kier alpha value is -2.47. The first-order valence-corrected chi connectivity index (χ1v) is 7.34. The Morgan fingerprint density at radius 2 is 2.05 bits per heavy atom. The molecule has 1 aliphatic heterocycles. The van der Waals surface area contributed by atoms with Crippen LogP contribution in [-0.4, -0.2) is 40.8 Å². The van der Waals surface area contributed by atoms with E-state index < -0.39 is 0 Å². The molecular weight excluding hydrogens is 278 g/mol. The van der Waals surface area contributed by atoms with Crippen molar-refractivity contribution in [3.63, 3.8) is 0 Å². The van der Waals surface area contributed by atoms with Crippen molar-refractivity contribution in [3.05, 3.63) is 54.2 Å². The number of hydrogen-bond acceptors (Lipinski definition) is 4. The van der Waals surface area contributed by atoms with Crippen molar-refractivity contribution < 1.29 is 4.79 Å². The largest absolute Gasteiger partial charge is 0.333 e. The van der Waals surface area contributed by atoms with Gasteiger partial charge in [-0.25, -0.2) is 4.79 Å². The van der Waals surface area contributed by atoms with Gasteiger partial charge in [-0.15, -0.1) is 5.10 Å². The van der Waals surface area contributed by atoms with Gasteiger partial charge in [0, 0.05) is 12.7 Å². The highest BCUT2D eigenvalue weighted by Gasteiger charge is 2.33. The SMILES string of the molecule is CN1CCC(NC(=O)Nc2cccnn2)C1c1ccccc1. The lowest BCUT2D eigenvalue weighted by atomic mass is 10.0. The fraction of sp³-hybridized carbons (Fsp3) is 0.312. The van der Waals surface area contributed by atoms with Crippen LogP contribution in [0.2, 0.25) is 0 Å². The van der Waals surface area contributed by atoms with E-state index in [0.717, 1.165) is 13.0 Å². The topological polar surface area (TPSA) is 70.2 Å². The zero-order valence-corrected chi connectivity index (χ0v) is 12.4. The monoisotopic (exact) mass is 297 g/mol. The van der Waals surface area contributed by atoms with E-state index in [-0.39, 0.29) is 18.1 Å². The Morgan fingerprint density at radius 1 is 1.23 bits per heavy atom. The summed E-state index contributed by atoms with van der Waals surface area (Å²) in [7, 11) is 2.08. The van der Waals surface area contributed by atoms with E-state index in [1.165, 1.54) is 5.56 Å². The van der Waals surface area contributed by atoms with Crippen LogP contribution in [0.3, 0.4) is 0 Å². The molecule has 1 fully saturated rings. The highest BCUT2D eigenvalue weighted by molar-refractivity contribution is 5.88. The normalized spacial score (nSPS) is 21.5. The van der Waals surface area contributed by atoms with Gasteiger partial charge in [0.2, 0.25) is 0 Å². The predicted molar refractivity (Wildman–Crippen MR) is 84.4 cm³/mol. The summed E-state index contributed by atoms with van der Waals surface area (Å²) < 4.78 is 0. The zero-order chi connectivity index (χ0) is 15.4. The van der Waals surface area contributed by atoms with Crippen LogP contribution < -0.4 is 10.6 Å². The summed E-state index contributed by atoms with van der Waals surface area (Å²) in [5.41, 5.74) is 1.22. The van der Waals surface area contributed by atoms with Gasteiger partial charge < -0.3 is 5.32 Å². The molecule has 0 saturated carbocycles. The van der Waals surface area contributed by atoms with Crippen molar-refractivity contribution in [3.8, 4) is 0 Å². The van der Waals surface area contributed by atoms with Crippen LogP contribution >= 0.6 is 0 Å². The van der Waals surface area contributed by atoms with Gasteiger partial charge in [-0.2, -0.15) is 5.10 Å². The first-order valence-electron chi connectivity index (χ1n) is 7.34. The standard InChI is InChI=1S/C16H19N5O/c1-21-11-9-13(15(21)12-6-3-2-4-7-12)18-16(22)19-14-8-5-10-17-20-14/h2-8,10,13,15H,9,11H2,1H3,(H2,18,19,20,22). The molecule has 1 aromatic heterocycles. The van der Waals surface area contributed by atoms with E-state index in [9.17, 15) is 4.79 Å². The second-order valence-electron chi connectivity index (χ2n) is 5.44. The van der Waals surface area contributed by atoms with E-state index in [1.807, 2.05) is 18.2 Å². The molecule has 114 valence electrons. The highest BCUT2D eigenvalue weighted by atomic mass is 16.2. The molecule has 0 radical (unpaired) electrons. The number of likely N-dealkylation sites (N-methyl/N-ethyl adjacent to an activating group) is 1. The van der Waals surface area contributed by atoms with Gasteiger partial charge in [-0.05, 0) is 31.2 Å². The summed E-state index contributed by atoms with van der Waals surface area (Å²) in [6.45, 7) is 0.954. The van der Waals surface area contributed by atoms with Crippen LogP contribution in [0.5, 0.6) is 0 Å². The molecule has 2 heterocycles. The third-order valence-corrected chi connectivity index (χ3v) is 3.92. The van der Waals surface area contributed by atoms with Crippen LogP contribution in [0.1, 0.15) is 18.0 Å². The summed E-state index contributed by atoms with van der Waals surface area (Å²) in [6, 6.07) is 13.7. The quantitative estimate of drug-likeness (QED) is 0.909. The molecule has 2 aromatic rings. The number of likely N-dealkylation sites (tertiary alicyclic amines) is 1. The number of carbonyl (C=O) groups is 1. The number of nitrogens with one attached hydrogen (secondary N) is 2. The highest BCUT2D eigenvalue weighted by Crippen LogP contribution is 2.30. The smallest absolute Gasteiger partial charge is 0.320 e. The minimum Gasteiger partial charge on any atom is -0.333 e. The molecule has 0 aliphatic carbocycles. The fourth-order valence-corrected chi connectivity index (χ4v) is 2.92. The molecule has 22 heavy (non-hydrogen) atoms. The number of urea groups is 1. The second kappa shape index (κ2) is 6.53. The molecule has 6 nitrogen and oxygen atoms in total. The Balaban J connectivity index is 1.67. The number of aromatic nitrogens is 2. The van der Waals surface area contributed by atoms with E-state index in [1.54, 1.807) is 18.3 Å². The molecule has 0 bridgehead atoms. The Labute approximate surface area is 129 Å². The van der Waals surface area contributed by atoms with Crippen molar-refractivity contribution in [2.24, 2.45) is 0 Å². The number of carbonyl (C=O) groups excluding carboxylic acids is 1. The van der Waals surface area contributed by atoms with Crippen LogP contribution in [0.4, 0.5) is 10.6 Å². The molecule has 0 spiro atoms. The number of hydrogen-bond donors (Lipinski definition) is 2. The maximum absolute atomic E-state index is 12.1. The van der Waals surface area contributed by atoms with Gasteiger partial charge in [0.1, 0.15) is 0 Å². The van der Waals surface area contributed by atoms with E-state index in [4.69, 9.17) is 0 Å². The number of amides is 2. The van der Waals surface area contributed by atoms with Crippen molar-refractivity contribution in [2.45, 2.75) is 18.5 Å². The minimum atomic E-state index is -0.248. The summed E-state index contributed by atoms with van der Waals surface area (Å²) in [6.07, 6.45) is 2.49. The molecule has 3 rings (SSSR count). The Morgan fingerprint density at radius 3 is 2.77 bits per heavy atom. The number of benzene rings is 1. The Bertz CT molecular complexity index is 619. The number of rotatable bonds is 3. The molecule has 1 aromatic carbocycles. The van der Waals surface area contributed by atoms with Gasteiger partial charge in [-0.1, -0.05) is 30.3 Å². The number of nitrogens with zero attached hydrogens (tertiary/aromatic N) is 3. The first-order chi connectivity index (χ1) is 10.7. The van der Waals surface area contributed by atoms with E-state index >= 15 is 0 Å². The van der Waals surface area contributed by atoms with Gasteiger partial charge in [0.05, 0.1) is 12.1 Å². The second-order valence-corrected chi connectivity index (χ2v) is 5.44. The van der Waals surface area contributed by atoms with Crippen molar-refractivity contribution in [1.82, 2.24) is 20.4 Å². The molecule has 1 saturated heterocycles. The van der Waals surface area contributed by atoms with Gasteiger partial charge in [-0.3, -0.25) is 10.2 Å². The molecule has 2 unspecified atom stereocenters. The van der Waals surface area contributed by atoms with Crippen LogP contribution in [0, 0.1) is 0 Å². The van der Waals surface area contributed by atoms with Gasteiger partial charge in [0.25, 0.3) is 0 Å². The zero-order valence-electron chi connectivity index (χ0n) is 12.4. The molecular formula is C16H19N5O. The summed E-state index contributed by atoms with van der Waals surface area (Å²) in [4.78, 5) is 14.4. The lowest BCUT2D eigenvalue weighted by molar-refractivity contribution is 0.240. The third kappa shape index (κ3) is 3.23. The van der Waals surface area contributed by atoms with Gasteiger partial charge in [0.15, 0.2) is 5.82 Å². The van der Waals surface area contributed by atoms with E-state index in [2.05, 4.69) is 44.9 Å². The van der Waals surface area contributed by atoms with Crippen LogP contribution in [0.15, 0.2) is 48.7 Å². The van der Waals surface area contributed by atoms with Crippen molar-refractivity contribution in [1.29, 1.82) is 0 Å². The van der Waals surface area contributed by atoms with Gasteiger partial charge >= 0.3 is 6.03 Å². The fourth-order valence-electron chi connectivity index (χ4n) is 2.92. The maximum Gasteiger partial charge on any atom is 0.320 e.